The summed E-state index contributed by atoms with van der Waals surface area (Å²) in [6.45, 7) is 0. The van der Waals surface area contributed by atoms with Crippen LogP contribution in [0.1, 0.15) is 10.4 Å². The van der Waals surface area contributed by atoms with Crippen LogP contribution in [-0.2, 0) is 0 Å². The predicted molar refractivity (Wildman–Crippen MR) is 74.2 cm³/mol. The Hall–Kier alpha value is -2.60. The van der Waals surface area contributed by atoms with Gasteiger partial charge in [-0.3, -0.25) is 14.9 Å². The molecule has 20 heavy (non-hydrogen) atoms. The lowest BCUT2D eigenvalue weighted by Crippen LogP contribution is -2.11. The fourth-order valence-electron chi connectivity index (χ4n) is 1.56. The number of aromatic hydroxyl groups is 1. The highest BCUT2D eigenvalue weighted by Crippen LogP contribution is 2.28. The predicted octanol–water partition coefficient (Wildman–Crippen LogP) is 3.21. The molecule has 0 unspecified atom stereocenters. The fourth-order valence-corrected chi connectivity index (χ4v) is 1.75. The van der Waals surface area contributed by atoms with Crippen molar-refractivity contribution in [3.63, 3.8) is 0 Å². The molecule has 102 valence electrons. The molecule has 2 rings (SSSR count). The zero-order chi connectivity index (χ0) is 14.7. The molecule has 0 aliphatic rings. The van der Waals surface area contributed by atoms with E-state index in [0.29, 0.717) is 10.6 Å². The number of benzene rings is 2. The lowest BCUT2D eigenvalue weighted by Gasteiger charge is -2.07. The molecule has 0 saturated carbocycles. The van der Waals surface area contributed by atoms with Crippen LogP contribution in [0.15, 0.2) is 42.5 Å². The second kappa shape index (κ2) is 5.58. The Bertz CT molecular complexity index is 688. The van der Waals surface area contributed by atoms with Gasteiger partial charge in [-0.05, 0) is 24.3 Å². The molecule has 1 amide bonds. The summed E-state index contributed by atoms with van der Waals surface area (Å²) in [6.07, 6.45) is 0. The Kier molecular flexibility index (Phi) is 3.86. The summed E-state index contributed by atoms with van der Waals surface area (Å²) in [7, 11) is 0. The van der Waals surface area contributed by atoms with E-state index < -0.39 is 10.8 Å². The van der Waals surface area contributed by atoms with Crippen molar-refractivity contribution in [3.8, 4) is 5.75 Å². The van der Waals surface area contributed by atoms with Crippen molar-refractivity contribution in [2.45, 2.75) is 0 Å². The number of amides is 1. The van der Waals surface area contributed by atoms with Gasteiger partial charge in [-0.1, -0.05) is 17.7 Å². The minimum atomic E-state index is -0.637. The number of nitrogens with one attached hydrogen (secondary N) is 1. The third-order valence-corrected chi connectivity index (χ3v) is 2.76. The van der Waals surface area contributed by atoms with E-state index in [-0.39, 0.29) is 17.1 Å². The average molecular weight is 293 g/mol. The molecule has 2 N–H and O–H groups in total. The van der Waals surface area contributed by atoms with E-state index in [1.165, 1.54) is 18.2 Å². The first-order chi connectivity index (χ1) is 9.47. The third-order valence-electron chi connectivity index (χ3n) is 2.53. The van der Waals surface area contributed by atoms with Gasteiger partial charge in [0.15, 0.2) is 0 Å². The highest BCUT2D eigenvalue weighted by Gasteiger charge is 2.13. The smallest absolute Gasteiger partial charge is 0.273 e. The van der Waals surface area contributed by atoms with Crippen molar-refractivity contribution >= 4 is 28.9 Å². The molecule has 0 aliphatic heterocycles. The Morgan fingerprint density at radius 1 is 1.25 bits per heavy atom. The van der Waals surface area contributed by atoms with Crippen molar-refractivity contribution in [2.75, 3.05) is 5.32 Å². The van der Waals surface area contributed by atoms with Gasteiger partial charge in [-0.2, -0.15) is 0 Å². The van der Waals surface area contributed by atoms with Crippen LogP contribution in [0.2, 0.25) is 5.02 Å². The van der Waals surface area contributed by atoms with Crippen LogP contribution in [0.25, 0.3) is 0 Å². The molecular weight excluding hydrogens is 284 g/mol. The maximum absolute atomic E-state index is 11.9. The first-order valence-electron chi connectivity index (χ1n) is 5.51. The number of carbonyl (C=O) groups is 1. The molecule has 0 fully saturated rings. The number of hydrogen-bond donors (Lipinski definition) is 2. The minimum absolute atomic E-state index is 0.0839. The molecule has 6 nitrogen and oxygen atoms in total. The minimum Gasteiger partial charge on any atom is -0.506 e. The number of halogens is 1. The molecule has 0 aliphatic carbocycles. The second-order valence-corrected chi connectivity index (χ2v) is 4.36. The number of phenolic OH excluding ortho intramolecular Hbond substituents is 1. The summed E-state index contributed by atoms with van der Waals surface area (Å²) in [5.41, 5.74) is 0.138. The molecule has 2 aromatic carbocycles. The average Bonchev–Trinajstić information content (AvgIpc) is 2.40. The quantitative estimate of drug-likeness (QED) is 0.516. The van der Waals surface area contributed by atoms with E-state index in [0.717, 1.165) is 6.07 Å². The monoisotopic (exact) mass is 292 g/mol. The highest BCUT2D eigenvalue weighted by molar-refractivity contribution is 6.31. The number of non-ortho nitro benzene ring substituents is 1. The molecule has 0 heterocycles. The molecule has 0 atom stereocenters. The van der Waals surface area contributed by atoms with Crippen LogP contribution < -0.4 is 5.32 Å². The summed E-state index contributed by atoms with van der Waals surface area (Å²) in [6, 6.07) is 9.69. The van der Waals surface area contributed by atoms with Gasteiger partial charge in [-0.25, -0.2) is 0 Å². The highest BCUT2D eigenvalue weighted by atomic mass is 35.5. The largest absolute Gasteiger partial charge is 0.506 e. The van der Waals surface area contributed by atoms with Crippen LogP contribution in [0.5, 0.6) is 5.75 Å². The fraction of sp³-hybridized carbons (Fsp3) is 0. The van der Waals surface area contributed by atoms with Gasteiger partial charge in [-0.15, -0.1) is 0 Å². The summed E-state index contributed by atoms with van der Waals surface area (Å²) in [5, 5.41) is 23.0. The van der Waals surface area contributed by atoms with Gasteiger partial charge < -0.3 is 10.4 Å². The Morgan fingerprint density at radius 2 is 2.00 bits per heavy atom. The standard InChI is InChI=1S/C13H9ClN2O4/c14-9-3-1-2-8(6-9)13(18)15-11-5-4-10(16(19)20)7-12(11)17/h1-7,17H,(H,15,18). The molecule has 0 saturated heterocycles. The molecule has 0 radical (unpaired) electrons. The number of anilines is 1. The van der Waals surface area contributed by atoms with E-state index in [1.54, 1.807) is 18.2 Å². The number of nitrogens with zero attached hydrogens (tertiary/aromatic N) is 1. The number of hydrogen-bond acceptors (Lipinski definition) is 4. The van der Waals surface area contributed by atoms with Gasteiger partial charge in [0.25, 0.3) is 11.6 Å². The van der Waals surface area contributed by atoms with Crippen LogP contribution in [0.3, 0.4) is 0 Å². The van der Waals surface area contributed by atoms with Gasteiger partial charge in [0, 0.05) is 16.7 Å². The molecule has 0 aromatic heterocycles. The first kappa shape index (κ1) is 13.8. The van der Waals surface area contributed by atoms with Crippen LogP contribution >= 0.6 is 11.6 Å². The molecule has 7 heteroatoms. The lowest BCUT2D eigenvalue weighted by molar-refractivity contribution is -0.384. The van der Waals surface area contributed by atoms with E-state index in [4.69, 9.17) is 11.6 Å². The zero-order valence-electron chi connectivity index (χ0n) is 10.0. The van der Waals surface area contributed by atoms with Crippen LogP contribution in [0, 0.1) is 10.1 Å². The summed E-state index contributed by atoms with van der Waals surface area (Å²) >= 11 is 5.77. The molecule has 0 bridgehead atoms. The van der Waals surface area contributed by atoms with E-state index in [2.05, 4.69) is 5.32 Å². The lowest BCUT2D eigenvalue weighted by atomic mass is 10.2. The zero-order valence-corrected chi connectivity index (χ0v) is 10.8. The van der Waals surface area contributed by atoms with Gasteiger partial charge >= 0.3 is 0 Å². The molecule has 2 aromatic rings. The first-order valence-corrected chi connectivity index (χ1v) is 5.89. The number of nitro benzene ring substituents is 1. The number of rotatable bonds is 3. The second-order valence-electron chi connectivity index (χ2n) is 3.92. The van der Waals surface area contributed by atoms with E-state index >= 15 is 0 Å². The topological polar surface area (TPSA) is 92.5 Å². The number of carbonyl (C=O) groups excluding carboxylic acids is 1. The van der Waals surface area contributed by atoms with E-state index in [1.807, 2.05) is 0 Å². The molecular formula is C13H9ClN2O4. The van der Waals surface area contributed by atoms with Crippen molar-refractivity contribution in [2.24, 2.45) is 0 Å². The molecule has 0 spiro atoms. The maximum atomic E-state index is 11.9. The van der Waals surface area contributed by atoms with Crippen molar-refractivity contribution in [1.82, 2.24) is 0 Å². The Balaban J connectivity index is 2.22. The van der Waals surface area contributed by atoms with Crippen molar-refractivity contribution < 1.29 is 14.8 Å². The summed E-state index contributed by atoms with van der Waals surface area (Å²) < 4.78 is 0. The van der Waals surface area contributed by atoms with Crippen molar-refractivity contribution in [1.29, 1.82) is 0 Å². The van der Waals surface area contributed by atoms with E-state index in [9.17, 15) is 20.0 Å². The summed E-state index contributed by atoms with van der Waals surface area (Å²) in [5.74, 6) is -0.855. The maximum Gasteiger partial charge on any atom is 0.273 e. The van der Waals surface area contributed by atoms with Crippen molar-refractivity contribution in [3.05, 3.63) is 63.2 Å². The number of phenols is 1. The van der Waals surface area contributed by atoms with Crippen LogP contribution in [-0.4, -0.2) is 15.9 Å². The van der Waals surface area contributed by atoms with Gasteiger partial charge in [0.05, 0.1) is 16.7 Å². The Morgan fingerprint density at radius 3 is 2.60 bits per heavy atom. The van der Waals surface area contributed by atoms with Gasteiger partial charge in [0.1, 0.15) is 5.75 Å². The third kappa shape index (κ3) is 3.04. The van der Waals surface area contributed by atoms with Gasteiger partial charge in [0.2, 0.25) is 0 Å². The van der Waals surface area contributed by atoms with Crippen LogP contribution in [0.4, 0.5) is 11.4 Å². The SMILES string of the molecule is O=C(Nc1ccc([N+](=O)[O-])cc1O)c1cccc(Cl)c1. The number of nitro groups is 1. The normalized spacial score (nSPS) is 10.1. The summed E-state index contributed by atoms with van der Waals surface area (Å²) in [4.78, 5) is 21.8. The Labute approximate surface area is 118 Å².